The number of aliphatic hydroxyl groups excluding tert-OH is 1. The lowest BCUT2D eigenvalue weighted by Crippen LogP contribution is -2.36. The summed E-state index contributed by atoms with van der Waals surface area (Å²) >= 11 is 0. The number of nitrogens with one attached hydrogen (secondary N) is 1. The van der Waals surface area contributed by atoms with Crippen LogP contribution in [0.25, 0.3) is 0 Å². The number of hydrogen-bond acceptors (Lipinski definition) is 4. The first-order valence-corrected chi connectivity index (χ1v) is 8.54. The van der Waals surface area contributed by atoms with Crippen molar-refractivity contribution in [3.05, 3.63) is 29.8 Å². The lowest BCUT2D eigenvalue weighted by Gasteiger charge is -2.29. The van der Waals surface area contributed by atoms with Crippen molar-refractivity contribution in [3.8, 4) is 0 Å². The Morgan fingerprint density at radius 2 is 1.83 bits per heavy atom. The first-order chi connectivity index (χ1) is 11.2. The molecule has 0 aromatic heterocycles. The van der Waals surface area contributed by atoms with Crippen LogP contribution in [0.5, 0.6) is 0 Å². The Hall–Kier alpha value is -1.59. The predicted octanol–water partition coefficient (Wildman–Crippen LogP) is 2.11. The number of aliphatic hydroxyl groups is 1. The highest BCUT2D eigenvalue weighted by Gasteiger charge is 2.16. The molecule has 0 aliphatic carbocycles. The van der Waals surface area contributed by atoms with E-state index < -0.39 is 6.10 Å². The summed E-state index contributed by atoms with van der Waals surface area (Å²) < 4.78 is 5.35. The predicted molar refractivity (Wildman–Crippen MR) is 91.5 cm³/mol. The Labute approximate surface area is 138 Å². The molecule has 1 fully saturated rings. The molecule has 1 aromatic rings. The van der Waals surface area contributed by atoms with E-state index in [0.29, 0.717) is 0 Å². The lowest BCUT2D eigenvalue weighted by molar-refractivity contribution is -0.125. The molecule has 1 aromatic carbocycles. The van der Waals surface area contributed by atoms with E-state index in [9.17, 15) is 9.90 Å². The number of hydrogen-bond donors (Lipinski definition) is 2. The number of carbonyl (C=O) groups excluding carboxylic acids is 1. The maximum absolute atomic E-state index is 12.0. The highest BCUT2D eigenvalue weighted by atomic mass is 16.5. The van der Waals surface area contributed by atoms with Gasteiger partial charge in [-0.1, -0.05) is 26.0 Å². The first-order valence-electron chi connectivity index (χ1n) is 8.54. The molecule has 5 nitrogen and oxygen atoms in total. The molecule has 1 amide bonds. The summed E-state index contributed by atoms with van der Waals surface area (Å²) in [4.78, 5) is 14.2. The van der Waals surface area contributed by atoms with E-state index in [1.807, 2.05) is 38.1 Å². The monoisotopic (exact) mass is 320 g/mol. The van der Waals surface area contributed by atoms with E-state index in [1.54, 1.807) is 0 Å². The van der Waals surface area contributed by atoms with Crippen molar-refractivity contribution in [2.75, 3.05) is 37.7 Å². The van der Waals surface area contributed by atoms with Crippen LogP contribution in [0.1, 0.15) is 38.4 Å². The van der Waals surface area contributed by atoms with E-state index in [1.165, 1.54) is 0 Å². The van der Waals surface area contributed by atoms with Crippen LogP contribution in [-0.4, -0.2) is 43.9 Å². The normalized spacial score (nSPS) is 16.4. The number of amides is 1. The fraction of sp³-hybridized carbons (Fsp3) is 0.611. The van der Waals surface area contributed by atoms with Crippen LogP contribution >= 0.6 is 0 Å². The quantitative estimate of drug-likeness (QED) is 0.808. The van der Waals surface area contributed by atoms with Gasteiger partial charge in [0.05, 0.1) is 19.3 Å². The second kappa shape index (κ2) is 8.89. The Morgan fingerprint density at radius 3 is 2.39 bits per heavy atom. The zero-order valence-electron chi connectivity index (χ0n) is 14.1. The zero-order valence-corrected chi connectivity index (χ0v) is 14.1. The second-order valence-electron chi connectivity index (χ2n) is 5.97. The smallest absolute Gasteiger partial charge is 0.223 e. The van der Waals surface area contributed by atoms with Crippen LogP contribution in [-0.2, 0) is 9.53 Å². The molecule has 0 bridgehead atoms. The van der Waals surface area contributed by atoms with Crippen molar-refractivity contribution in [3.63, 3.8) is 0 Å². The molecule has 0 saturated carbocycles. The molecule has 5 heteroatoms. The molecule has 2 N–H and O–H groups in total. The summed E-state index contributed by atoms with van der Waals surface area (Å²) in [5.41, 5.74) is 1.97. The van der Waals surface area contributed by atoms with E-state index in [-0.39, 0.29) is 18.4 Å². The average Bonchev–Trinajstić information content (AvgIpc) is 2.61. The highest BCUT2D eigenvalue weighted by Crippen LogP contribution is 2.20. The molecule has 1 aliphatic rings. The summed E-state index contributed by atoms with van der Waals surface area (Å²) in [6.45, 7) is 7.58. The summed E-state index contributed by atoms with van der Waals surface area (Å²) in [5.74, 6) is 0.0601. The molecule has 1 atom stereocenters. The summed E-state index contributed by atoms with van der Waals surface area (Å²) in [5, 5.41) is 13.1. The topological polar surface area (TPSA) is 61.8 Å². The molecular formula is C18H28N2O3. The van der Waals surface area contributed by atoms with E-state index in [4.69, 9.17) is 4.74 Å². The SMILES string of the molecule is CCC(CC)C(=O)NCC(O)c1ccc(N2CCOCC2)cc1. The van der Waals surface area contributed by atoms with Crippen molar-refractivity contribution in [1.82, 2.24) is 5.32 Å². The Morgan fingerprint density at radius 1 is 1.22 bits per heavy atom. The van der Waals surface area contributed by atoms with Gasteiger partial charge < -0.3 is 20.1 Å². The van der Waals surface area contributed by atoms with Gasteiger partial charge in [-0.3, -0.25) is 4.79 Å². The summed E-state index contributed by atoms with van der Waals surface area (Å²) in [7, 11) is 0. The first kappa shape index (κ1) is 17.8. The summed E-state index contributed by atoms with van der Waals surface area (Å²) in [6, 6.07) is 7.90. The molecule has 1 heterocycles. The van der Waals surface area contributed by atoms with Crippen molar-refractivity contribution < 1.29 is 14.6 Å². The minimum Gasteiger partial charge on any atom is -0.387 e. The minimum atomic E-state index is -0.674. The largest absolute Gasteiger partial charge is 0.387 e. The van der Waals surface area contributed by atoms with Crippen molar-refractivity contribution >= 4 is 11.6 Å². The second-order valence-corrected chi connectivity index (χ2v) is 5.97. The van der Waals surface area contributed by atoms with Crippen LogP contribution in [0, 0.1) is 5.92 Å². The number of nitrogens with zero attached hydrogens (tertiary/aromatic N) is 1. The molecular weight excluding hydrogens is 292 g/mol. The highest BCUT2D eigenvalue weighted by molar-refractivity contribution is 5.78. The van der Waals surface area contributed by atoms with Gasteiger partial charge in [0.25, 0.3) is 0 Å². The van der Waals surface area contributed by atoms with Crippen LogP contribution in [0.3, 0.4) is 0 Å². The van der Waals surface area contributed by atoms with Crippen molar-refractivity contribution in [1.29, 1.82) is 0 Å². The third-order valence-electron chi connectivity index (χ3n) is 4.48. The fourth-order valence-electron chi connectivity index (χ4n) is 2.85. The van der Waals surface area contributed by atoms with Gasteiger partial charge in [0.2, 0.25) is 5.91 Å². The minimum absolute atomic E-state index is 0.0268. The van der Waals surface area contributed by atoms with Crippen LogP contribution in [0.15, 0.2) is 24.3 Å². The van der Waals surface area contributed by atoms with Crippen LogP contribution < -0.4 is 10.2 Å². The Balaban J connectivity index is 1.87. The zero-order chi connectivity index (χ0) is 16.7. The van der Waals surface area contributed by atoms with Crippen molar-refractivity contribution in [2.24, 2.45) is 5.92 Å². The number of anilines is 1. The van der Waals surface area contributed by atoms with Gasteiger partial charge in [0.1, 0.15) is 0 Å². The molecule has 0 radical (unpaired) electrons. The standard InChI is InChI=1S/C18H28N2O3/c1-3-14(4-2)18(22)19-13-17(21)15-5-7-16(8-6-15)20-9-11-23-12-10-20/h5-8,14,17,21H,3-4,9-13H2,1-2H3,(H,19,22). The maximum atomic E-state index is 12.0. The van der Waals surface area contributed by atoms with Gasteiger partial charge in [-0.2, -0.15) is 0 Å². The van der Waals surface area contributed by atoms with E-state index in [0.717, 1.165) is 50.4 Å². The molecule has 1 aliphatic heterocycles. The van der Waals surface area contributed by atoms with E-state index >= 15 is 0 Å². The molecule has 128 valence electrons. The van der Waals surface area contributed by atoms with Gasteiger partial charge in [-0.05, 0) is 30.5 Å². The molecule has 1 saturated heterocycles. The maximum Gasteiger partial charge on any atom is 0.223 e. The van der Waals surface area contributed by atoms with E-state index in [2.05, 4.69) is 10.2 Å². The number of morpholine rings is 1. The summed E-state index contributed by atoms with van der Waals surface area (Å²) in [6.07, 6.45) is 0.978. The molecule has 0 spiro atoms. The lowest BCUT2D eigenvalue weighted by atomic mass is 10.0. The molecule has 1 unspecified atom stereocenters. The third kappa shape index (κ3) is 4.94. The number of ether oxygens (including phenoxy) is 1. The van der Waals surface area contributed by atoms with Gasteiger partial charge in [0, 0.05) is 31.2 Å². The van der Waals surface area contributed by atoms with Gasteiger partial charge in [-0.25, -0.2) is 0 Å². The Kier molecular flexibility index (Phi) is 6.86. The number of benzene rings is 1. The molecule has 2 rings (SSSR count). The molecule has 23 heavy (non-hydrogen) atoms. The van der Waals surface area contributed by atoms with Gasteiger partial charge >= 0.3 is 0 Å². The number of carbonyl (C=O) groups is 1. The average molecular weight is 320 g/mol. The third-order valence-corrected chi connectivity index (χ3v) is 4.48. The fourth-order valence-corrected chi connectivity index (χ4v) is 2.85. The Bertz CT molecular complexity index is 480. The number of rotatable bonds is 7. The van der Waals surface area contributed by atoms with Gasteiger partial charge in [0.15, 0.2) is 0 Å². The van der Waals surface area contributed by atoms with Crippen molar-refractivity contribution in [2.45, 2.75) is 32.8 Å². The van der Waals surface area contributed by atoms with Crippen LogP contribution in [0.2, 0.25) is 0 Å². The van der Waals surface area contributed by atoms with Crippen LogP contribution in [0.4, 0.5) is 5.69 Å². The van der Waals surface area contributed by atoms with Gasteiger partial charge in [-0.15, -0.1) is 0 Å².